The Morgan fingerprint density at radius 3 is 1.69 bits per heavy atom. The van der Waals surface area contributed by atoms with Gasteiger partial charge >= 0.3 is 15.6 Å². The molecule has 98 valence electrons. The molecule has 16 heavy (non-hydrogen) atoms. The van der Waals surface area contributed by atoms with Crippen molar-refractivity contribution >= 4 is 26.5 Å². The van der Waals surface area contributed by atoms with Crippen molar-refractivity contribution in [3.63, 3.8) is 0 Å². The molecule has 0 aromatic rings. The minimum Gasteiger partial charge on any atom is -0.309 e. The molecule has 0 aliphatic carbocycles. The molecule has 0 spiro atoms. The zero-order valence-electron chi connectivity index (χ0n) is 9.97. The second-order valence-electron chi connectivity index (χ2n) is 5.48. The third kappa shape index (κ3) is 5.46. The number of hydrogen-bond acceptors (Lipinski definition) is 3. The number of halogens is 3. The third-order valence-corrected chi connectivity index (χ3v) is 12.5. The Morgan fingerprint density at radius 2 is 1.44 bits per heavy atom. The highest BCUT2D eigenvalue weighted by molar-refractivity contribution is 7.88. The number of hydrogen-bond donors (Lipinski definition) is 0. The molecule has 0 bridgehead atoms. The molecule has 0 rings (SSSR count). The summed E-state index contributed by atoms with van der Waals surface area (Å²) >= 11 is 0. The van der Waals surface area contributed by atoms with E-state index < -0.39 is 32.0 Å². The van der Waals surface area contributed by atoms with Crippen molar-refractivity contribution in [1.29, 1.82) is 0 Å². The van der Waals surface area contributed by atoms with Gasteiger partial charge in [-0.3, -0.25) is 0 Å². The van der Waals surface area contributed by atoms with Gasteiger partial charge in [-0.05, 0) is 18.8 Å². The molecule has 0 atom stereocenters. The average Bonchev–Trinajstić information content (AvgIpc) is 1.72. The Bertz CT molecular complexity index is 343. The quantitative estimate of drug-likeness (QED) is 0.591. The van der Waals surface area contributed by atoms with Crippen molar-refractivity contribution in [3.05, 3.63) is 0 Å². The van der Waals surface area contributed by atoms with Crippen LogP contribution in [0.2, 0.25) is 38.4 Å². The van der Waals surface area contributed by atoms with Gasteiger partial charge in [0, 0.05) is 8.07 Å². The van der Waals surface area contributed by atoms with E-state index in [-0.39, 0.29) is 0 Å². The van der Waals surface area contributed by atoms with Gasteiger partial charge in [0.05, 0.1) is 0 Å². The summed E-state index contributed by atoms with van der Waals surface area (Å²) in [5, 5.41) is 0. The fourth-order valence-electron chi connectivity index (χ4n) is 1.65. The molecule has 0 N–H and O–H groups in total. The molecule has 0 amide bonds. The monoisotopic (exact) mass is 294 g/mol. The lowest BCUT2D eigenvalue weighted by atomic mass is 11.6. The topological polar surface area (TPSA) is 43.4 Å². The second-order valence-corrected chi connectivity index (χ2v) is 17.6. The maximum absolute atomic E-state index is 12.1. The van der Waals surface area contributed by atoms with E-state index in [1.807, 2.05) is 19.6 Å². The van der Waals surface area contributed by atoms with Gasteiger partial charge in [0.15, 0.2) is 0 Å². The SMILES string of the molecule is C[Si](C)(C)C[Si](C)(C)OS(=O)(=O)C(F)(F)F. The lowest BCUT2D eigenvalue weighted by molar-refractivity contribution is -0.0503. The molecule has 0 aromatic carbocycles. The van der Waals surface area contributed by atoms with Crippen molar-refractivity contribution < 1.29 is 25.5 Å². The van der Waals surface area contributed by atoms with Crippen LogP contribution in [0.3, 0.4) is 0 Å². The summed E-state index contributed by atoms with van der Waals surface area (Å²) in [6.45, 7) is 8.88. The fourth-order valence-corrected chi connectivity index (χ4v) is 15.4. The number of rotatable bonds is 4. The zero-order chi connectivity index (χ0) is 13.4. The molecule has 0 saturated heterocycles. The van der Waals surface area contributed by atoms with Gasteiger partial charge in [-0.1, -0.05) is 19.6 Å². The Morgan fingerprint density at radius 1 is 1.06 bits per heavy atom. The van der Waals surface area contributed by atoms with Crippen LogP contribution >= 0.6 is 0 Å². The molecule has 0 aliphatic rings. The van der Waals surface area contributed by atoms with Crippen LogP contribution in [0.15, 0.2) is 0 Å². The Hall–Kier alpha value is 0.134. The van der Waals surface area contributed by atoms with Crippen molar-refractivity contribution in [1.82, 2.24) is 0 Å². The van der Waals surface area contributed by atoms with Crippen LogP contribution in [0.25, 0.3) is 0 Å². The van der Waals surface area contributed by atoms with Gasteiger partial charge in [0.2, 0.25) is 8.32 Å². The third-order valence-electron chi connectivity index (χ3n) is 1.57. The van der Waals surface area contributed by atoms with E-state index in [1.54, 1.807) is 0 Å². The average molecular weight is 294 g/mol. The molecular formula is C7H17F3O3SSi2. The lowest BCUT2D eigenvalue weighted by Crippen LogP contribution is -2.44. The Labute approximate surface area is 96.3 Å². The zero-order valence-corrected chi connectivity index (χ0v) is 12.8. The first-order valence-electron chi connectivity index (χ1n) is 4.68. The van der Waals surface area contributed by atoms with Crippen LogP contribution < -0.4 is 0 Å². The summed E-state index contributed by atoms with van der Waals surface area (Å²) in [7, 11) is -9.92. The molecular weight excluding hydrogens is 277 g/mol. The highest BCUT2D eigenvalue weighted by atomic mass is 32.2. The predicted molar refractivity (Wildman–Crippen MR) is 61.7 cm³/mol. The van der Waals surface area contributed by atoms with Crippen LogP contribution in [-0.4, -0.2) is 30.3 Å². The van der Waals surface area contributed by atoms with Crippen molar-refractivity contribution in [2.75, 3.05) is 0 Å². The normalized spacial score (nSPS) is 15.2. The minimum absolute atomic E-state index is 0.468. The summed E-state index contributed by atoms with van der Waals surface area (Å²) in [6.07, 6.45) is 0. The molecule has 0 aromatic heterocycles. The first-order chi connectivity index (χ1) is 6.66. The number of alkyl halides is 3. The minimum atomic E-state index is -5.44. The summed E-state index contributed by atoms with van der Waals surface area (Å²) in [5.74, 6) is 0. The lowest BCUT2D eigenvalue weighted by Gasteiger charge is -2.28. The van der Waals surface area contributed by atoms with E-state index in [4.69, 9.17) is 0 Å². The van der Waals surface area contributed by atoms with Gasteiger partial charge < -0.3 is 3.87 Å². The van der Waals surface area contributed by atoms with Gasteiger partial charge in [-0.15, -0.1) is 0 Å². The Balaban J connectivity index is 4.87. The van der Waals surface area contributed by atoms with E-state index in [2.05, 4.69) is 3.87 Å². The fraction of sp³-hybridized carbons (Fsp3) is 1.00. The molecule has 9 heteroatoms. The standard InChI is InChI=1S/C7H17F3O3SSi2/c1-15(2,3)6-16(4,5)13-14(11,12)7(8,9)10/h6H2,1-5H3. The highest BCUT2D eigenvalue weighted by Crippen LogP contribution is 2.30. The molecule has 0 radical (unpaired) electrons. The van der Waals surface area contributed by atoms with Crippen LogP contribution in [0.5, 0.6) is 0 Å². The van der Waals surface area contributed by atoms with Crippen LogP contribution in [-0.2, 0) is 14.0 Å². The molecule has 0 fully saturated rings. The second kappa shape index (κ2) is 4.43. The van der Waals surface area contributed by atoms with Crippen LogP contribution in [0.1, 0.15) is 0 Å². The van der Waals surface area contributed by atoms with Crippen molar-refractivity contribution in [2.24, 2.45) is 0 Å². The summed E-state index contributed by atoms with van der Waals surface area (Å²) in [6, 6.07) is 0. The van der Waals surface area contributed by atoms with Crippen molar-refractivity contribution in [3.8, 4) is 0 Å². The largest absolute Gasteiger partial charge is 0.522 e. The van der Waals surface area contributed by atoms with Crippen LogP contribution in [0.4, 0.5) is 13.2 Å². The van der Waals surface area contributed by atoms with Crippen LogP contribution in [0, 0.1) is 0 Å². The first-order valence-corrected chi connectivity index (χ1v) is 12.9. The summed E-state index contributed by atoms with van der Waals surface area (Å²) in [5.41, 5.74) is -4.86. The Kier molecular flexibility index (Phi) is 4.46. The summed E-state index contributed by atoms with van der Waals surface area (Å²) < 4.78 is 62.5. The van der Waals surface area contributed by atoms with E-state index in [9.17, 15) is 21.6 Å². The van der Waals surface area contributed by atoms with E-state index in [0.717, 1.165) is 0 Å². The van der Waals surface area contributed by atoms with E-state index in [0.29, 0.717) is 5.67 Å². The maximum Gasteiger partial charge on any atom is 0.522 e. The summed E-state index contributed by atoms with van der Waals surface area (Å²) in [4.78, 5) is 0. The van der Waals surface area contributed by atoms with Gasteiger partial charge in [0.1, 0.15) is 0 Å². The molecule has 0 unspecified atom stereocenters. The van der Waals surface area contributed by atoms with Gasteiger partial charge in [-0.2, -0.15) is 21.6 Å². The molecule has 0 heterocycles. The van der Waals surface area contributed by atoms with E-state index in [1.165, 1.54) is 13.1 Å². The predicted octanol–water partition coefficient (Wildman–Crippen LogP) is 2.94. The smallest absolute Gasteiger partial charge is 0.309 e. The molecule has 0 saturated carbocycles. The first kappa shape index (κ1) is 16.1. The van der Waals surface area contributed by atoms with Gasteiger partial charge in [0.25, 0.3) is 0 Å². The highest BCUT2D eigenvalue weighted by Gasteiger charge is 2.50. The molecule has 0 aliphatic heterocycles. The maximum atomic E-state index is 12.1. The van der Waals surface area contributed by atoms with Gasteiger partial charge in [-0.25, -0.2) is 0 Å². The molecule has 3 nitrogen and oxygen atoms in total. The van der Waals surface area contributed by atoms with Crippen molar-refractivity contribution in [2.45, 2.75) is 43.9 Å². The van der Waals surface area contributed by atoms with E-state index >= 15 is 0 Å².